The van der Waals surface area contributed by atoms with E-state index in [1.54, 1.807) is 0 Å². The summed E-state index contributed by atoms with van der Waals surface area (Å²) in [5, 5.41) is 11.1. The lowest BCUT2D eigenvalue weighted by Crippen LogP contribution is -2.28. The van der Waals surface area contributed by atoms with E-state index in [1.807, 2.05) is 0 Å². The molecule has 1 atom stereocenters. The lowest BCUT2D eigenvalue weighted by atomic mass is 9.95. The predicted octanol–water partition coefficient (Wildman–Crippen LogP) is 2.84. The van der Waals surface area contributed by atoms with Crippen LogP contribution in [-0.2, 0) is 6.42 Å². The van der Waals surface area contributed by atoms with E-state index in [2.05, 4.69) is 45.3 Å². The van der Waals surface area contributed by atoms with Gasteiger partial charge >= 0.3 is 0 Å². The first-order valence-electron chi connectivity index (χ1n) is 6.11. The summed E-state index contributed by atoms with van der Waals surface area (Å²) in [6.45, 7) is 6.67. The van der Waals surface area contributed by atoms with Crippen molar-refractivity contribution in [1.29, 1.82) is 0 Å². The monoisotopic (exact) mass is 285 g/mol. The summed E-state index contributed by atoms with van der Waals surface area (Å²) in [7, 11) is 0. The number of H-pyrrole nitrogens is 1. The van der Waals surface area contributed by atoms with Crippen molar-refractivity contribution in [3.05, 3.63) is 15.9 Å². The Morgan fingerprint density at radius 3 is 2.94 bits per heavy atom. The molecule has 2 rings (SSSR count). The van der Waals surface area contributed by atoms with Crippen LogP contribution in [-0.4, -0.2) is 23.3 Å². The van der Waals surface area contributed by atoms with Crippen LogP contribution >= 0.6 is 15.9 Å². The number of hydrogen-bond donors (Lipinski definition) is 2. The Bertz CT molecular complexity index is 340. The zero-order chi connectivity index (χ0) is 11.5. The second kappa shape index (κ2) is 5.32. The topological polar surface area (TPSA) is 40.7 Å². The smallest absolute Gasteiger partial charge is 0.0810 e. The van der Waals surface area contributed by atoms with Gasteiger partial charge in [0.25, 0.3) is 0 Å². The number of halogens is 1. The summed E-state index contributed by atoms with van der Waals surface area (Å²) < 4.78 is 1.20. The normalized spacial score (nSPS) is 21.6. The van der Waals surface area contributed by atoms with Gasteiger partial charge in [0.1, 0.15) is 0 Å². The summed E-state index contributed by atoms with van der Waals surface area (Å²) in [4.78, 5) is 0. The third kappa shape index (κ3) is 2.66. The van der Waals surface area contributed by atoms with Crippen molar-refractivity contribution in [3.63, 3.8) is 0 Å². The molecular formula is C12H20BrN3. The van der Waals surface area contributed by atoms with Gasteiger partial charge in [0.05, 0.1) is 10.2 Å². The van der Waals surface area contributed by atoms with Gasteiger partial charge in [-0.05, 0) is 47.7 Å². The number of aromatic nitrogens is 2. The summed E-state index contributed by atoms with van der Waals surface area (Å²) in [5.74, 6) is 1.23. The van der Waals surface area contributed by atoms with Gasteiger partial charge < -0.3 is 5.32 Å². The van der Waals surface area contributed by atoms with Crippen LogP contribution in [0.3, 0.4) is 0 Å². The van der Waals surface area contributed by atoms with Crippen molar-refractivity contribution in [2.45, 2.75) is 39.0 Å². The van der Waals surface area contributed by atoms with Crippen LogP contribution in [0.25, 0.3) is 0 Å². The van der Waals surface area contributed by atoms with Crippen LogP contribution in [0.4, 0.5) is 0 Å². The Hall–Kier alpha value is -0.350. The molecule has 1 aliphatic rings. The second-order valence-electron chi connectivity index (χ2n) is 5.04. The summed E-state index contributed by atoms with van der Waals surface area (Å²) in [5.41, 5.74) is 2.46. The molecule has 1 aliphatic heterocycles. The fourth-order valence-corrected chi connectivity index (χ4v) is 2.94. The average molecular weight is 286 g/mol. The van der Waals surface area contributed by atoms with Gasteiger partial charge in [0, 0.05) is 18.2 Å². The van der Waals surface area contributed by atoms with Crippen LogP contribution in [0.1, 0.15) is 44.0 Å². The zero-order valence-electron chi connectivity index (χ0n) is 10.0. The Kier molecular flexibility index (Phi) is 4.03. The van der Waals surface area contributed by atoms with Crippen molar-refractivity contribution in [3.8, 4) is 0 Å². The van der Waals surface area contributed by atoms with E-state index < -0.39 is 0 Å². The van der Waals surface area contributed by atoms with Crippen molar-refractivity contribution < 1.29 is 0 Å². The molecule has 0 radical (unpaired) electrons. The molecule has 1 aromatic rings. The first kappa shape index (κ1) is 12.1. The molecule has 0 spiro atoms. The van der Waals surface area contributed by atoms with Gasteiger partial charge in [-0.2, -0.15) is 5.10 Å². The van der Waals surface area contributed by atoms with Crippen molar-refractivity contribution in [2.75, 3.05) is 13.1 Å². The zero-order valence-corrected chi connectivity index (χ0v) is 11.6. The molecule has 1 aromatic heterocycles. The summed E-state index contributed by atoms with van der Waals surface area (Å²) in [6, 6.07) is 0. The van der Waals surface area contributed by atoms with Gasteiger partial charge in [-0.15, -0.1) is 0 Å². The Labute approximate surface area is 106 Å². The minimum atomic E-state index is 0.570. The fourth-order valence-electron chi connectivity index (χ4n) is 2.28. The number of nitrogens with zero attached hydrogens (tertiary/aromatic N) is 1. The minimum absolute atomic E-state index is 0.570. The van der Waals surface area contributed by atoms with E-state index in [4.69, 9.17) is 0 Å². The molecule has 0 aliphatic carbocycles. The van der Waals surface area contributed by atoms with Crippen molar-refractivity contribution >= 4 is 15.9 Å². The highest BCUT2D eigenvalue weighted by atomic mass is 79.9. The lowest BCUT2D eigenvalue weighted by Gasteiger charge is -2.21. The lowest BCUT2D eigenvalue weighted by molar-refractivity contribution is 0.453. The molecule has 2 N–H and O–H groups in total. The van der Waals surface area contributed by atoms with E-state index in [0.717, 1.165) is 19.5 Å². The summed E-state index contributed by atoms with van der Waals surface area (Å²) >= 11 is 3.69. The number of nitrogens with one attached hydrogen (secondary N) is 2. The van der Waals surface area contributed by atoms with E-state index in [9.17, 15) is 0 Å². The van der Waals surface area contributed by atoms with Crippen molar-refractivity contribution in [2.24, 2.45) is 5.92 Å². The Morgan fingerprint density at radius 1 is 1.50 bits per heavy atom. The molecule has 0 aromatic carbocycles. The van der Waals surface area contributed by atoms with E-state index >= 15 is 0 Å². The molecule has 16 heavy (non-hydrogen) atoms. The highest BCUT2D eigenvalue weighted by Crippen LogP contribution is 2.30. The van der Waals surface area contributed by atoms with E-state index in [0.29, 0.717) is 11.8 Å². The number of rotatable bonds is 3. The predicted molar refractivity (Wildman–Crippen MR) is 69.7 cm³/mol. The molecule has 1 unspecified atom stereocenters. The van der Waals surface area contributed by atoms with Crippen molar-refractivity contribution in [1.82, 2.24) is 15.5 Å². The Morgan fingerprint density at radius 2 is 2.31 bits per heavy atom. The molecule has 1 fully saturated rings. The first-order chi connectivity index (χ1) is 7.68. The van der Waals surface area contributed by atoms with Crippen LogP contribution in [0.2, 0.25) is 0 Å². The van der Waals surface area contributed by atoms with Gasteiger partial charge in [-0.1, -0.05) is 13.8 Å². The molecule has 0 bridgehead atoms. The molecule has 0 saturated carbocycles. The molecule has 4 heteroatoms. The SMILES string of the molecule is CC(C)Cc1[nH]nc(C2CCCNC2)c1Br. The maximum absolute atomic E-state index is 4.48. The van der Waals surface area contributed by atoms with Crippen LogP contribution in [0.15, 0.2) is 4.47 Å². The number of aromatic amines is 1. The maximum Gasteiger partial charge on any atom is 0.0810 e. The highest BCUT2D eigenvalue weighted by Gasteiger charge is 2.22. The van der Waals surface area contributed by atoms with Crippen LogP contribution in [0.5, 0.6) is 0 Å². The molecular weight excluding hydrogens is 266 g/mol. The Balaban J connectivity index is 2.12. The van der Waals surface area contributed by atoms with Crippen LogP contribution in [0, 0.1) is 5.92 Å². The van der Waals surface area contributed by atoms with Gasteiger partial charge in [-0.25, -0.2) is 0 Å². The average Bonchev–Trinajstić information content (AvgIpc) is 2.61. The minimum Gasteiger partial charge on any atom is -0.316 e. The molecule has 1 saturated heterocycles. The third-order valence-corrected chi connectivity index (χ3v) is 3.98. The highest BCUT2D eigenvalue weighted by molar-refractivity contribution is 9.10. The third-order valence-electron chi connectivity index (χ3n) is 3.10. The van der Waals surface area contributed by atoms with Crippen LogP contribution < -0.4 is 5.32 Å². The summed E-state index contributed by atoms with van der Waals surface area (Å²) in [6.07, 6.45) is 3.56. The molecule has 0 amide bonds. The van der Waals surface area contributed by atoms with E-state index in [-0.39, 0.29) is 0 Å². The van der Waals surface area contributed by atoms with Gasteiger partial charge in [0.15, 0.2) is 0 Å². The molecule has 3 nitrogen and oxygen atoms in total. The molecule has 2 heterocycles. The number of piperidine rings is 1. The quantitative estimate of drug-likeness (QED) is 0.897. The van der Waals surface area contributed by atoms with E-state index in [1.165, 1.54) is 28.7 Å². The van der Waals surface area contributed by atoms with Gasteiger partial charge in [0.2, 0.25) is 0 Å². The number of hydrogen-bond acceptors (Lipinski definition) is 2. The van der Waals surface area contributed by atoms with Gasteiger partial charge in [-0.3, -0.25) is 5.10 Å². The standard InChI is InChI=1S/C12H20BrN3/c1-8(2)6-10-11(13)12(16-15-10)9-4-3-5-14-7-9/h8-9,14H,3-7H2,1-2H3,(H,15,16). The largest absolute Gasteiger partial charge is 0.316 e. The maximum atomic E-state index is 4.48. The first-order valence-corrected chi connectivity index (χ1v) is 6.91. The second-order valence-corrected chi connectivity index (χ2v) is 5.84. The fraction of sp³-hybridized carbons (Fsp3) is 0.750. The molecule has 90 valence electrons.